The number of benzene rings is 3. The Morgan fingerprint density at radius 3 is 2.24 bits per heavy atom. The van der Waals surface area contributed by atoms with Crippen LogP contribution in [0.15, 0.2) is 89.1 Å². The summed E-state index contributed by atoms with van der Waals surface area (Å²) in [4.78, 5) is 17.3. The van der Waals surface area contributed by atoms with Gasteiger partial charge in [-0.05, 0) is 55.3 Å². The third-order valence-corrected chi connectivity index (χ3v) is 8.09. The van der Waals surface area contributed by atoms with Gasteiger partial charge in [-0.15, -0.1) is 11.3 Å². The zero-order chi connectivity index (χ0) is 24.1. The summed E-state index contributed by atoms with van der Waals surface area (Å²) < 4.78 is 27.6. The topological polar surface area (TPSA) is 79.4 Å². The highest BCUT2D eigenvalue weighted by molar-refractivity contribution is 7.92. The molecule has 0 unspecified atom stereocenters. The third-order valence-electron chi connectivity index (χ3n) is 5.42. The lowest BCUT2D eigenvalue weighted by atomic mass is 10.1. The average molecular weight is 492 g/mol. The van der Waals surface area contributed by atoms with Crippen molar-refractivity contribution < 1.29 is 13.2 Å². The Kier molecular flexibility index (Phi) is 7.09. The first-order chi connectivity index (χ1) is 16.4. The smallest absolute Gasteiger partial charge is 0.264 e. The molecule has 6 nitrogen and oxygen atoms in total. The quantitative estimate of drug-likeness (QED) is 0.336. The number of carbonyl (C=O) groups is 1. The Morgan fingerprint density at radius 1 is 0.941 bits per heavy atom. The lowest BCUT2D eigenvalue weighted by Gasteiger charge is -2.22. The molecule has 1 N–H and O–H groups in total. The molecule has 3 aromatic carbocycles. The summed E-state index contributed by atoms with van der Waals surface area (Å²) in [5, 5.41) is 5.18. The number of hydrogen-bond donors (Lipinski definition) is 1. The molecule has 0 aliphatic heterocycles. The van der Waals surface area contributed by atoms with Crippen molar-refractivity contribution in [2.75, 3.05) is 16.2 Å². The van der Waals surface area contributed by atoms with Crippen LogP contribution in [0.4, 0.5) is 10.8 Å². The molecule has 8 heteroatoms. The van der Waals surface area contributed by atoms with Gasteiger partial charge < -0.3 is 0 Å². The molecule has 174 valence electrons. The Bertz CT molecular complexity index is 1370. The van der Waals surface area contributed by atoms with E-state index in [0.717, 1.165) is 17.7 Å². The van der Waals surface area contributed by atoms with Crippen molar-refractivity contribution in [1.82, 2.24) is 4.98 Å². The fraction of sp³-hybridized carbons (Fsp3) is 0.154. The molecule has 1 heterocycles. The Balaban J connectivity index is 1.47. The number of para-hydroxylation sites is 1. The fourth-order valence-electron chi connectivity index (χ4n) is 3.54. The minimum Gasteiger partial charge on any atom is -0.298 e. The lowest BCUT2D eigenvalue weighted by molar-refractivity contribution is 0.102. The van der Waals surface area contributed by atoms with Gasteiger partial charge in [0.25, 0.3) is 15.9 Å². The second kappa shape index (κ2) is 10.2. The van der Waals surface area contributed by atoms with E-state index in [1.165, 1.54) is 45.5 Å². The molecule has 4 aromatic rings. The highest BCUT2D eigenvalue weighted by Gasteiger charge is 2.23. The number of hydrogen-bond acceptors (Lipinski definition) is 5. The van der Waals surface area contributed by atoms with Crippen molar-refractivity contribution in [3.63, 3.8) is 0 Å². The van der Waals surface area contributed by atoms with Crippen LogP contribution in [-0.4, -0.2) is 25.9 Å². The number of nitrogens with zero attached hydrogens (tertiary/aromatic N) is 2. The first kappa shape index (κ1) is 23.7. The molecule has 0 bridgehead atoms. The Labute approximate surface area is 204 Å². The van der Waals surface area contributed by atoms with Crippen molar-refractivity contribution in [2.24, 2.45) is 0 Å². The molecule has 1 aromatic heterocycles. The van der Waals surface area contributed by atoms with E-state index in [-0.39, 0.29) is 10.8 Å². The van der Waals surface area contributed by atoms with Crippen LogP contribution in [0.3, 0.4) is 0 Å². The summed E-state index contributed by atoms with van der Waals surface area (Å²) in [5.74, 6) is -0.346. The lowest BCUT2D eigenvalue weighted by Crippen LogP contribution is -2.30. The minimum atomic E-state index is -3.75. The summed E-state index contributed by atoms with van der Waals surface area (Å²) in [6.45, 7) is 4.19. The van der Waals surface area contributed by atoms with E-state index in [0.29, 0.717) is 22.9 Å². The van der Waals surface area contributed by atoms with Gasteiger partial charge in [0.05, 0.1) is 16.3 Å². The predicted molar refractivity (Wildman–Crippen MR) is 138 cm³/mol. The van der Waals surface area contributed by atoms with Crippen LogP contribution < -0.4 is 9.62 Å². The second-order valence-corrected chi connectivity index (χ2v) is 10.3. The maximum atomic E-state index is 13.1. The number of thiazole rings is 1. The van der Waals surface area contributed by atoms with Gasteiger partial charge in [-0.3, -0.25) is 14.4 Å². The van der Waals surface area contributed by atoms with Gasteiger partial charge in [-0.25, -0.2) is 13.4 Å². The van der Waals surface area contributed by atoms with Crippen LogP contribution in [-0.2, 0) is 16.4 Å². The van der Waals surface area contributed by atoms with E-state index in [1.54, 1.807) is 31.2 Å². The molecule has 0 saturated carbocycles. The summed E-state index contributed by atoms with van der Waals surface area (Å²) in [6.07, 6.45) is 0.974. The van der Waals surface area contributed by atoms with Crippen LogP contribution in [0, 0.1) is 0 Å². The monoisotopic (exact) mass is 491 g/mol. The van der Waals surface area contributed by atoms with E-state index in [2.05, 4.69) is 29.4 Å². The molecule has 34 heavy (non-hydrogen) atoms. The SMILES string of the molecule is CCc1ccc(-c2csc(NC(=O)c3ccc(S(=O)(=O)N(CC)c4ccccc4)cc3)n2)cc1. The maximum Gasteiger partial charge on any atom is 0.264 e. The molecule has 0 saturated heterocycles. The predicted octanol–water partition coefficient (Wildman–Crippen LogP) is 5.84. The van der Waals surface area contributed by atoms with Gasteiger partial charge >= 0.3 is 0 Å². The number of anilines is 2. The summed E-state index contributed by atoms with van der Waals surface area (Å²) in [7, 11) is -3.75. The number of carbonyl (C=O) groups excluding carboxylic acids is 1. The number of aryl methyl sites for hydroxylation is 1. The molecule has 0 atom stereocenters. The maximum absolute atomic E-state index is 13.1. The third kappa shape index (κ3) is 5.03. The highest BCUT2D eigenvalue weighted by Crippen LogP contribution is 2.26. The van der Waals surface area contributed by atoms with Crippen molar-refractivity contribution in [2.45, 2.75) is 25.2 Å². The zero-order valence-electron chi connectivity index (χ0n) is 18.9. The first-order valence-electron chi connectivity index (χ1n) is 11.0. The van der Waals surface area contributed by atoms with Gasteiger partial charge in [0.1, 0.15) is 0 Å². The van der Waals surface area contributed by atoms with Crippen molar-refractivity contribution in [3.8, 4) is 11.3 Å². The fourth-order valence-corrected chi connectivity index (χ4v) is 5.72. The van der Waals surface area contributed by atoms with E-state index >= 15 is 0 Å². The standard InChI is InChI=1S/C26H25N3O3S2/c1-3-19-10-12-20(13-11-19)24-18-33-26(27-24)28-25(30)21-14-16-23(17-15-21)34(31,32)29(4-2)22-8-6-5-7-9-22/h5-18H,3-4H2,1-2H3,(H,27,28,30). The van der Waals surface area contributed by atoms with Crippen molar-refractivity contribution >= 4 is 38.1 Å². The number of aromatic nitrogens is 1. The van der Waals surface area contributed by atoms with Gasteiger partial charge in [0.15, 0.2) is 5.13 Å². The van der Waals surface area contributed by atoms with Crippen molar-refractivity contribution in [1.29, 1.82) is 0 Å². The molecular weight excluding hydrogens is 466 g/mol. The number of rotatable bonds is 8. The Morgan fingerprint density at radius 2 is 1.62 bits per heavy atom. The van der Waals surface area contributed by atoms with E-state index < -0.39 is 10.0 Å². The van der Waals surface area contributed by atoms with Crippen LogP contribution in [0.25, 0.3) is 11.3 Å². The minimum absolute atomic E-state index is 0.127. The summed E-state index contributed by atoms with van der Waals surface area (Å²) >= 11 is 1.34. The van der Waals surface area contributed by atoms with Crippen molar-refractivity contribution in [3.05, 3.63) is 95.4 Å². The zero-order valence-corrected chi connectivity index (χ0v) is 20.6. The van der Waals surface area contributed by atoms with Gasteiger partial charge in [0, 0.05) is 23.1 Å². The largest absolute Gasteiger partial charge is 0.298 e. The molecular formula is C26H25N3O3S2. The number of nitrogens with one attached hydrogen (secondary N) is 1. The molecule has 0 fully saturated rings. The second-order valence-electron chi connectivity index (χ2n) is 7.57. The van der Waals surface area contributed by atoms with Crippen LogP contribution in [0.2, 0.25) is 0 Å². The van der Waals surface area contributed by atoms with E-state index in [9.17, 15) is 13.2 Å². The molecule has 0 aliphatic rings. The normalized spacial score (nSPS) is 11.2. The number of amides is 1. The Hall–Kier alpha value is -3.49. The number of sulfonamides is 1. The van der Waals surface area contributed by atoms with Gasteiger partial charge in [-0.2, -0.15) is 0 Å². The van der Waals surface area contributed by atoms with Crippen LogP contribution in [0.1, 0.15) is 29.8 Å². The first-order valence-corrected chi connectivity index (χ1v) is 13.3. The van der Waals surface area contributed by atoms with E-state index in [4.69, 9.17) is 0 Å². The molecule has 1 amide bonds. The molecule has 0 spiro atoms. The van der Waals surface area contributed by atoms with Gasteiger partial charge in [0.2, 0.25) is 0 Å². The molecule has 0 aliphatic carbocycles. The summed E-state index contributed by atoms with van der Waals surface area (Å²) in [5.41, 5.74) is 3.98. The summed E-state index contributed by atoms with van der Waals surface area (Å²) in [6, 6.07) is 23.1. The highest BCUT2D eigenvalue weighted by atomic mass is 32.2. The molecule has 0 radical (unpaired) electrons. The van der Waals surface area contributed by atoms with Crippen LogP contribution in [0.5, 0.6) is 0 Å². The molecule has 4 rings (SSSR count). The average Bonchev–Trinajstić information content (AvgIpc) is 3.33. The van der Waals surface area contributed by atoms with Gasteiger partial charge in [-0.1, -0.05) is 49.4 Å². The van der Waals surface area contributed by atoms with Crippen LogP contribution >= 0.6 is 11.3 Å². The van der Waals surface area contributed by atoms with E-state index in [1.807, 2.05) is 23.6 Å².